The van der Waals surface area contributed by atoms with Gasteiger partial charge in [0, 0.05) is 31.2 Å². The van der Waals surface area contributed by atoms with Crippen molar-refractivity contribution in [3.63, 3.8) is 0 Å². The van der Waals surface area contributed by atoms with Gasteiger partial charge in [-0.2, -0.15) is 0 Å². The van der Waals surface area contributed by atoms with Gasteiger partial charge in [0.2, 0.25) is 5.91 Å². The van der Waals surface area contributed by atoms with Gasteiger partial charge in [0.15, 0.2) is 0 Å². The summed E-state index contributed by atoms with van der Waals surface area (Å²) in [7, 11) is 0. The molecular formula is C18H31Cl2N3O. The number of amides is 1. The number of nitrogens with two attached hydrogens (primary N) is 1. The van der Waals surface area contributed by atoms with Crippen molar-refractivity contribution < 1.29 is 4.79 Å². The molecule has 0 aliphatic carbocycles. The zero-order valence-corrected chi connectivity index (χ0v) is 15.9. The number of piperidine rings is 1. The summed E-state index contributed by atoms with van der Waals surface area (Å²) in [6.45, 7) is 2.75. The Morgan fingerprint density at radius 2 is 1.83 bits per heavy atom. The summed E-state index contributed by atoms with van der Waals surface area (Å²) >= 11 is 0. The molecule has 6 heteroatoms. The summed E-state index contributed by atoms with van der Waals surface area (Å²) in [6.07, 6.45) is 7.14. The summed E-state index contributed by atoms with van der Waals surface area (Å²) in [5.41, 5.74) is 6.72. The van der Waals surface area contributed by atoms with Gasteiger partial charge in [-0.3, -0.25) is 4.79 Å². The van der Waals surface area contributed by atoms with Crippen LogP contribution in [-0.2, 0) is 4.79 Å². The molecule has 1 aromatic rings. The Morgan fingerprint density at radius 1 is 1.12 bits per heavy atom. The molecule has 2 rings (SSSR count). The van der Waals surface area contributed by atoms with Crippen LogP contribution in [0.4, 0.5) is 5.69 Å². The summed E-state index contributed by atoms with van der Waals surface area (Å²) in [6, 6.07) is 10.7. The summed E-state index contributed by atoms with van der Waals surface area (Å²) in [4.78, 5) is 14.4. The lowest BCUT2D eigenvalue weighted by Crippen LogP contribution is -2.47. The van der Waals surface area contributed by atoms with Crippen LogP contribution in [-0.4, -0.2) is 31.6 Å². The Kier molecular flexibility index (Phi) is 12.8. The zero-order chi connectivity index (χ0) is 15.6. The quantitative estimate of drug-likeness (QED) is 0.683. The molecular weight excluding hydrogens is 345 g/mol. The number of anilines is 1. The Morgan fingerprint density at radius 3 is 2.54 bits per heavy atom. The molecule has 1 atom stereocenters. The van der Waals surface area contributed by atoms with E-state index in [9.17, 15) is 4.79 Å². The molecule has 24 heavy (non-hydrogen) atoms. The number of hydrogen-bond donors (Lipinski definition) is 2. The normalized spacial score (nSPS) is 16.7. The highest BCUT2D eigenvalue weighted by molar-refractivity contribution is 5.85. The van der Waals surface area contributed by atoms with Crippen molar-refractivity contribution in [2.24, 2.45) is 5.73 Å². The smallest absolute Gasteiger partial charge is 0.220 e. The standard InChI is InChI=1S/C18H29N3O.2ClH/c19-13-7-2-1-6-12-18(22)20-16-9-8-14-21(15-16)17-10-4-3-5-11-17;;/h3-5,10-11,16H,1-2,6-9,12-15,19H2,(H,20,22);2*1H. The molecule has 0 radical (unpaired) electrons. The SMILES string of the molecule is Cl.Cl.NCCCCCCC(=O)NC1CCCN(c2ccccc2)C1. The predicted octanol–water partition coefficient (Wildman–Crippen LogP) is 3.52. The average Bonchev–Trinajstić information content (AvgIpc) is 2.56. The summed E-state index contributed by atoms with van der Waals surface area (Å²) in [5, 5.41) is 3.20. The molecule has 1 aliphatic heterocycles. The molecule has 3 N–H and O–H groups in total. The van der Waals surface area contributed by atoms with Gasteiger partial charge >= 0.3 is 0 Å². The fraction of sp³-hybridized carbons (Fsp3) is 0.611. The Bertz CT molecular complexity index is 445. The third kappa shape index (κ3) is 8.22. The van der Waals surface area contributed by atoms with Crippen LogP contribution >= 0.6 is 24.8 Å². The molecule has 138 valence electrons. The van der Waals surface area contributed by atoms with Crippen LogP contribution in [0, 0.1) is 0 Å². The first-order valence-corrected chi connectivity index (χ1v) is 8.59. The van der Waals surface area contributed by atoms with Crippen molar-refractivity contribution in [3.8, 4) is 0 Å². The molecule has 1 aromatic carbocycles. The Labute approximate surface area is 158 Å². The molecule has 1 saturated heterocycles. The van der Waals surface area contributed by atoms with Gasteiger partial charge in [0.05, 0.1) is 0 Å². The van der Waals surface area contributed by atoms with Gasteiger partial charge in [0.25, 0.3) is 0 Å². The number of para-hydroxylation sites is 1. The highest BCUT2D eigenvalue weighted by Gasteiger charge is 2.21. The number of benzene rings is 1. The molecule has 0 saturated carbocycles. The van der Waals surface area contributed by atoms with Gasteiger partial charge in [-0.1, -0.05) is 31.0 Å². The second kappa shape index (κ2) is 13.3. The fourth-order valence-corrected chi connectivity index (χ4v) is 3.05. The van der Waals surface area contributed by atoms with E-state index in [4.69, 9.17) is 5.73 Å². The fourth-order valence-electron chi connectivity index (χ4n) is 3.05. The Balaban J connectivity index is 0.00000264. The second-order valence-corrected chi connectivity index (χ2v) is 6.14. The minimum Gasteiger partial charge on any atom is -0.369 e. The molecule has 0 aromatic heterocycles. The van der Waals surface area contributed by atoms with Crippen LogP contribution in [0.1, 0.15) is 44.9 Å². The van der Waals surface area contributed by atoms with Crippen LogP contribution in [0.25, 0.3) is 0 Å². The van der Waals surface area contributed by atoms with Crippen LogP contribution in [0.2, 0.25) is 0 Å². The topological polar surface area (TPSA) is 58.4 Å². The van der Waals surface area contributed by atoms with E-state index in [1.54, 1.807) is 0 Å². The molecule has 1 fully saturated rings. The van der Waals surface area contributed by atoms with E-state index in [0.29, 0.717) is 6.42 Å². The molecule has 4 nitrogen and oxygen atoms in total. The van der Waals surface area contributed by atoms with Gasteiger partial charge in [-0.25, -0.2) is 0 Å². The average molecular weight is 376 g/mol. The van der Waals surface area contributed by atoms with E-state index in [-0.39, 0.29) is 36.8 Å². The lowest BCUT2D eigenvalue weighted by atomic mass is 10.0. The zero-order valence-electron chi connectivity index (χ0n) is 14.3. The number of nitrogens with zero attached hydrogens (tertiary/aromatic N) is 1. The number of unbranched alkanes of at least 4 members (excludes halogenated alkanes) is 3. The van der Waals surface area contributed by atoms with Gasteiger partial charge in [-0.05, 0) is 44.4 Å². The van der Waals surface area contributed by atoms with E-state index in [0.717, 1.165) is 58.2 Å². The molecule has 1 aliphatic rings. The predicted molar refractivity (Wildman–Crippen MR) is 106 cm³/mol. The van der Waals surface area contributed by atoms with Crippen molar-refractivity contribution in [1.29, 1.82) is 0 Å². The van der Waals surface area contributed by atoms with Crippen molar-refractivity contribution >= 4 is 36.4 Å². The van der Waals surface area contributed by atoms with E-state index in [1.165, 1.54) is 5.69 Å². The minimum absolute atomic E-state index is 0. The van der Waals surface area contributed by atoms with E-state index in [2.05, 4.69) is 34.5 Å². The van der Waals surface area contributed by atoms with Gasteiger partial charge in [0.1, 0.15) is 0 Å². The molecule has 1 heterocycles. The van der Waals surface area contributed by atoms with Crippen molar-refractivity contribution in [2.75, 3.05) is 24.5 Å². The Hall–Kier alpha value is -0.970. The highest BCUT2D eigenvalue weighted by Crippen LogP contribution is 2.19. The third-order valence-corrected chi connectivity index (χ3v) is 4.27. The number of carbonyl (C=O) groups excluding carboxylic acids is 1. The van der Waals surface area contributed by atoms with Crippen LogP contribution in [0.5, 0.6) is 0 Å². The second-order valence-electron chi connectivity index (χ2n) is 6.14. The van der Waals surface area contributed by atoms with E-state index in [1.807, 2.05) is 6.07 Å². The minimum atomic E-state index is 0. The van der Waals surface area contributed by atoms with Crippen molar-refractivity contribution in [1.82, 2.24) is 5.32 Å². The molecule has 0 spiro atoms. The molecule has 1 amide bonds. The van der Waals surface area contributed by atoms with Gasteiger partial charge < -0.3 is 16.0 Å². The van der Waals surface area contributed by atoms with Crippen LogP contribution in [0.3, 0.4) is 0 Å². The lowest BCUT2D eigenvalue weighted by molar-refractivity contribution is -0.122. The maximum atomic E-state index is 12.0. The van der Waals surface area contributed by atoms with Gasteiger partial charge in [-0.15, -0.1) is 24.8 Å². The largest absolute Gasteiger partial charge is 0.369 e. The molecule has 1 unspecified atom stereocenters. The maximum absolute atomic E-state index is 12.0. The van der Waals surface area contributed by atoms with E-state index < -0.39 is 0 Å². The number of rotatable bonds is 8. The first-order chi connectivity index (χ1) is 10.8. The summed E-state index contributed by atoms with van der Waals surface area (Å²) in [5.74, 6) is 0.202. The van der Waals surface area contributed by atoms with Crippen LogP contribution < -0.4 is 16.0 Å². The maximum Gasteiger partial charge on any atom is 0.220 e. The monoisotopic (exact) mass is 375 g/mol. The van der Waals surface area contributed by atoms with E-state index >= 15 is 0 Å². The highest BCUT2D eigenvalue weighted by atomic mass is 35.5. The number of carbonyl (C=O) groups is 1. The van der Waals surface area contributed by atoms with Crippen LogP contribution in [0.15, 0.2) is 30.3 Å². The third-order valence-electron chi connectivity index (χ3n) is 4.27. The number of hydrogen-bond acceptors (Lipinski definition) is 3. The first kappa shape index (κ1) is 23.0. The lowest BCUT2D eigenvalue weighted by Gasteiger charge is -2.34. The first-order valence-electron chi connectivity index (χ1n) is 8.59. The van der Waals surface area contributed by atoms with Crippen molar-refractivity contribution in [2.45, 2.75) is 51.0 Å². The number of halogens is 2. The van der Waals surface area contributed by atoms with Crippen molar-refractivity contribution in [3.05, 3.63) is 30.3 Å². The number of nitrogens with one attached hydrogen (secondary N) is 1. The summed E-state index contributed by atoms with van der Waals surface area (Å²) < 4.78 is 0. The molecule has 0 bridgehead atoms.